The maximum absolute atomic E-state index is 12.9. The van der Waals surface area contributed by atoms with Gasteiger partial charge in [0.05, 0.1) is 12.5 Å². The summed E-state index contributed by atoms with van der Waals surface area (Å²) in [5.41, 5.74) is 0.740. The van der Waals surface area contributed by atoms with E-state index in [0.717, 1.165) is 30.9 Å². The number of rotatable bonds is 5. The molecule has 2 aromatic heterocycles. The SMILES string of the molecule is CCn1ccnc1[C@@H]1OCCC[C@H]1C(=O)N(C)Cc1ccon1. The van der Waals surface area contributed by atoms with Gasteiger partial charge in [-0.15, -0.1) is 0 Å². The van der Waals surface area contributed by atoms with E-state index in [9.17, 15) is 4.79 Å². The van der Waals surface area contributed by atoms with Crippen molar-refractivity contribution in [3.63, 3.8) is 0 Å². The van der Waals surface area contributed by atoms with Gasteiger partial charge in [0.2, 0.25) is 5.91 Å². The van der Waals surface area contributed by atoms with E-state index in [-0.39, 0.29) is 17.9 Å². The molecule has 3 heterocycles. The summed E-state index contributed by atoms with van der Waals surface area (Å²) < 4.78 is 12.8. The van der Waals surface area contributed by atoms with Gasteiger partial charge < -0.3 is 18.7 Å². The average molecular weight is 318 g/mol. The van der Waals surface area contributed by atoms with E-state index in [0.29, 0.717) is 13.2 Å². The Balaban J connectivity index is 1.76. The molecular weight excluding hydrogens is 296 g/mol. The van der Waals surface area contributed by atoms with Gasteiger partial charge in [-0.25, -0.2) is 4.98 Å². The second-order valence-corrected chi connectivity index (χ2v) is 5.80. The van der Waals surface area contributed by atoms with Crippen LogP contribution >= 0.6 is 0 Å². The summed E-state index contributed by atoms with van der Waals surface area (Å²) in [5, 5.41) is 3.86. The standard InChI is InChI=1S/C16H22N4O3/c1-3-20-8-7-17-15(20)14-13(5-4-9-22-14)16(21)19(2)11-12-6-10-23-18-12/h6-8,10,13-14H,3-5,9,11H2,1-2H3/t13-,14-/m1/s1. The van der Waals surface area contributed by atoms with Crippen LogP contribution in [-0.4, -0.2) is 39.2 Å². The van der Waals surface area contributed by atoms with E-state index in [4.69, 9.17) is 9.26 Å². The molecule has 0 unspecified atom stereocenters. The summed E-state index contributed by atoms with van der Waals surface area (Å²) in [7, 11) is 1.79. The first kappa shape index (κ1) is 15.7. The van der Waals surface area contributed by atoms with Crippen molar-refractivity contribution in [3.8, 4) is 0 Å². The number of aromatic nitrogens is 3. The van der Waals surface area contributed by atoms with Crippen molar-refractivity contribution in [1.29, 1.82) is 0 Å². The summed E-state index contributed by atoms with van der Waals surface area (Å²) in [5.74, 6) is 0.678. The Kier molecular flexibility index (Phi) is 4.76. The summed E-state index contributed by atoms with van der Waals surface area (Å²) in [6.45, 7) is 3.96. The van der Waals surface area contributed by atoms with Crippen molar-refractivity contribution in [2.45, 2.75) is 39.0 Å². The van der Waals surface area contributed by atoms with Crippen LogP contribution in [0.1, 0.15) is 37.4 Å². The number of hydrogen-bond acceptors (Lipinski definition) is 5. The molecule has 1 fully saturated rings. The Morgan fingerprint density at radius 3 is 3.13 bits per heavy atom. The molecular formula is C16H22N4O3. The molecule has 1 saturated heterocycles. The molecule has 0 spiro atoms. The molecule has 0 aliphatic carbocycles. The molecule has 3 rings (SSSR count). The summed E-state index contributed by atoms with van der Waals surface area (Å²) >= 11 is 0. The van der Waals surface area contributed by atoms with Crippen LogP contribution in [0.2, 0.25) is 0 Å². The van der Waals surface area contributed by atoms with Crippen LogP contribution in [0.5, 0.6) is 0 Å². The third-order valence-corrected chi connectivity index (χ3v) is 4.25. The number of imidazole rings is 1. The lowest BCUT2D eigenvalue weighted by atomic mass is 9.92. The first-order valence-electron chi connectivity index (χ1n) is 7.97. The van der Waals surface area contributed by atoms with E-state index in [1.54, 1.807) is 24.2 Å². The number of hydrogen-bond donors (Lipinski definition) is 0. The fourth-order valence-electron chi connectivity index (χ4n) is 3.06. The first-order chi connectivity index (χ1) is 11.2. The Bertz CT molecular complexity index is 638. The maximum Gasteiger partial charge on any atom is 0.228 e. The Labute approximate surface area is 135 Å². The topological polar surface area (TPSA) is 73.4 Å². The zero-order valence-corrected chi connectivity index (χ0v) is 13.5. The highest BCUT2D eigenvalue weighted by Gasteiger charge is 2.37. The second-order valence-electron chi connectivity index (χ2n) is 5.80. The molecule has 2 atom stereocenters. The molecule has 0 bridgehead atoms. The minimum atomic E-state index is -0.286. The van der Waals surface area contributed by atoms with Crippen LogP contribution in [0.3, 0.4) is 0 Å². The summed E-state index contributed by atoms with van der Waals surface area (Å²) in [6, 6.07) is 1.77. The Morgan fingerprint density at radius 1 is 1.52 bits per heavy atom. The van der Waals surface area contributed by atoms with Gasteiger partial charge in [-0.2, -0.15) is 0 Å². The maximum atomic E-state index is 12.9. The zero-order chi connectivity index (χ0) is 16.2. The number of carbonyl (C=O) groups is 1. The van der Waals surface area contributed by atoms with Crippen molar-refractivity contribution in [2.24, 2.45) is 5.92 Å². The first-order valence-corrected chi connectivity index (χ1v) is 7.97. The van der Waals surface area contributed by atoms with Crippen molar-refractivity contribution < 1.29 is 14.1 Å². The Hall–Kier alpha value is -2.15. The molecule has 0 saturated carbocycles. The largest absolute Gasteiger partial charge is 0.369 e. The van der Waals surface area contributed by atoms with Crippen LogP contribution in [0, 0.1) is 5.92 Å². The van der Waals surface area contributed by atoms with Crippen molar-refractivity contribution in [1.82, 2.24) is 19.6 Å². The summed E-state index contributed by atoms with van der Waals surface area (Å²) in [6.07, 6.45) is 6.61. The molecule has 23 heavy (non-hydrogen) atoms. The normalized spacial score (nSPS) is 21.3. The minimum absolute atomic E-state index is 0.0587. The fourth-order valence-corrected chi connectivity index (χ4v) is 3.06. The van der Waals surface area contributed by atoms with Crippen LogP contribution in [-0.2, 0) is 22.6 Å². The number of nitrogens with zero attached hydrogens (tertiary/aromatic N) is 4. The van der Waals surface area contributed by atoms with E-state index in [1.807, 2.05) is 10.8 Å². The molecule has 1 aliphatic rings. The lowest BCUT2D eigenvalue weighted by Crippen LogP contribution is -2.39. The predicted molar refractivity (Wildman–Crippen MR) is 82.3 cm³/mol. The molecule has 0 N–H and O–H groups in total. The van der Waals surface area contributed by atoms with E-state index < -0.39 is 0 Å². The smallest absolute Gasteiger partial charge is 0.228 e. The van der Waals surface area contributed by atoms with E-state index in [2.05, 4.69) is 17.1 Å². The highest BCUT2D eigenvalue weighted by atomic mass is 16.5. The number of carbonyl (C=O) groups excluding carboxylic acids is 1. The molecule has 1 aliphatic heterocycles. The zero-order valence-electron chi connectivity index (χ0n) is 13.5. The van der Waals surface area contributed by atoms with Crippen molar-refractivity contribution in [3.05, 3.63) is 36.2 Å². The van der Waals surface area contributed by atoms with Gasteiger partial charge in [-0.1, -0.05) is 5.16 Å². The van der Waals surface area contributed by atoms with Gasteiger partial charge in [0.15, 0.2) is 0 Å². The average Bonchev–Trinajstić information content (AvgIpc) is 3.25. The van der Waals surface area contributed by atoms with Gasteiger partial charge >= 0.3 is 0 Å². The fraction of sp³-hybridized carbons (Fsp3) is 0.562. The Morgan fingerprint density at radius 2 is 2.39 bits per heavy atom. The van der Waals surface area contributed by atoms with Gasteiger partial charge in [0, 0.05) is 38.7 Å². The van der Waals surface area contributed by atoms with E-state index in [1.165, 1.54) is 6.26 Å². The third kappa shape index (κ3) is 3.29. The van der Waals surface area contributed by atoms with Gasteiger partial charge in [-0.05, 0) is 19.8 Å². The summed E-state index contributed by atoms with van der Waals surface area (Å²) in [4.78, 5) is 19.0. The van der Waals surface area contributed by atoms with Crippen LogP contribution in [0.15, 0.2) is 29.2 Å². The monoisotopic (exact) mass is 318 g/mol. The lowest BCUT2D eigenvalue weighted by molar-refractivity contribution is -0.145. The van der Waals surface area contributed by atoms with Gasteiger partial charge in [0.25, 0.3) is 0 Å². The van der Waals surface area contributed by atoms with Gasteiger partial charge in [0.1, 0.15) is 23.9 Å². The highest BCUT2D eigenvalue weighted by molar-refractivity contribution is 5.79. The molecule has 2 aromatic rings. The molecule has 0 aromatic carbocycles. The predicted octanol–water partition coefficient (Wildman–Crippen LogP) is 2.02. The van der Waals surface area contributed by atoms with Crippen LogP contribution in [0.4, 0.5) is 0 Å². The molecule has 7 nitrogen and oxygen atoms in total. The minimum Gasteiger partial charge on any atom is -0.369 e. The second kappa shape index (κ2) is 6.95. The number of ether oxygens (including phenoxy) is 1. The molecule has 124 valence electrons. The van der Waals surface area contributed by atoms with Crippen molar-refractivity contribution >= 4 is 5.91 Å². The molecule has 1 amide bonds. The van der Waals surface area contributed by atoms with Crippen LogP contribution < -0.4 is 0 Å². The quantitative estimate of drug-likeness (QED) is 0.843. The van der Waals surface area contributed by atoms with E-state index >= 15 is 0 Å². The number of aryl methyl sites for hydroxylation is 1. The molecule has 7 heteroatoms. The van der Waals surface area contributed by atoms with Crippen LogP contribution in [0.25, 0.3) is 0 Å². The van der Waals surface area contributed by atoms with Gasteiger partial charge in [-0.3, -0.25) is 4.79 Å². The third-order valence-electron chi connectivity index (χ3n) is 4.25. The lowest BCUT2D eigenvalue weighted by Gasteiger charge is -2.33. The van der Waals surface area contributed by atoms with Crippen molar-refractivity contribution in [2.75, 3.05) is 13.7 Å². The highest BCUT2D eigenvalue weighted by Crippen LogP contribution is 2.34. The number of amides is 1. The molecule has 0 radical (unpaired) electrons.